The molecule has 0 bridgehead atoms. The molecule has 1 heterocycles. The lowest BCUT2D eigenvalue weighted by atomic mass is 10.2. The number of benzene rings is 2. The predicted molar refractivity (Wildman–Crippen MR) is 87.2 cm³/mol. The lowest BCUT2D eigenvalue weighted by Gasteiger charge is -2.02. The number of aromatic amines is 1. The Balaban J connectivity index is 1.70. The first-order chi connectivity index (χ1) is 11.1. The lowest BCUT2D eigenvalue weighted by molar-refractivity contribution is -0.111. The number of aromatic nitrogens is 2. The van der Waals surface area contributed by atoms with Crippen LogP contribution in [0.5, 0.6) is 0 Å². The number of rotatable bonds is 4. The molecule has 0 aliphatic rings. The van der Waals surface area contributed by atoms with Crippen LogP contribution in [0.15, 0.2) is 54.6 Å². The van der Waals surface area contributed by atoms with Gasteiger partial charge in [0.1, 0.15) is 0 Å². The van der Waals surface area contributed by atoms with Crippen molar-refractivity contribution in [3.8, 4) is 0 Å². The first-order valence-electron chi connectivity index (χ1n) is 6.89. The number of para-hydroxylation sites is 1. The number of anilines is 1. The van der Waals surface area contributed by atoms with Crippen LogP contribution >= 0.6 is 0 Å². The summed E-state index contributed by atoms with van der Waals surface area (Å²) in [7, 11) is 0. The summed E-state index contributed by atoms with van der Waals surface area (Å²) in [5, 5.41) is 19.5. The Morgan fingerprint density at radius 1 is 1.09 bits per heavy atom. The zero-order valence-electron chi connectivity index (χ0n) is 12.0. The van der Waals surface area contributed by atoms with E-state index in [2.05, 4.69) is 15.5 Å². The highest BCUT2D eigenvalue weighted by Gasteiger charge is 2.04. The Kier molecular flexibility index (Phi) is 3.88. The number of aromatic carboxylic acids is 1. The fourth-order valence-electron chi connectivity index (χ4n) is 2.15. The van der Waals surface area contributed by atoms with E-state index >= 15 is 0 Å². The minimum atomic E-state index is -1.01. The number of carbonyl (C=O) groups is 2. The summed E-state index contributed by atoms with van der Waals surface area (Å²) in [5.41, 5.74) is 2.27. The topological polar surface area (TPSA) is 95.1 Å². The number of hydrogen-bond acceptors (Lipinski definition) is 3. The molecule has 3 aromatic rings. The Bertz CT molecular complexity index is 895. The normalized spacial score (nSPS) is 11.0. The summed E-state index contributed by atoms with van der Waals surface area (Å²) in [6.45, 7) is 0. The van der Waals surface area contributed by atoms with Gasteiger partial charge in [0.15, 0.2) is 0 Å². The van der Waals surface area contributed by atoms with Crippen molar-refractivity contribution in [2.45, 2.75) is 0 Å². The Morgan fingerprint density at radius 2 is 1.83 bits per heavy atom. The number of nitrogens with one attached hydrogen (secondary N) is 2. The monoisotopic (exact) mass is 307 g/mol. The average molecular weight is 307 g/mol. The first-order valence-corrected chi connectivity index (χ1v) is 6.89. The fraction of sp³-hybridized carbons (Fsp3) is 0. The third kappa shape index (κ3) is 3.26. The van der Waals surface area contributed by atoms with Crippen molar-refractivity contribution in [3.05, 3.63) is 65.9 Å². The minimum Gasteiger partial charge on any atom is -0.478 e. The van der Waals surface area contributed by atoms with Crippen LogP contribution in [0.4, 0.5) is 5.69 Å². The van der Waals surface area contributed by atoms with Gasteiger partial charge in [-0.15, -0.1) is 0 Å². The fourth-order valence-corrected chi connectivity index (χ4v) is 2.15. The Hall–Kier alpha value is -3.41. The predicted octanol–water partition coefficient (Wildman–Crippen LogP) is 2.91. The van der Waals surface area contributed by atoms with Crippen LogP contribution in [0.25, 0.3) is 17.0 Å². The van der Waals surface area contributed by atoms with E-state index in [-0.39, 0.29) is 11.5 Å². The molecule has 0 atom stereocenters. The lowest BCUT2D eigenvalue weighted by Crippen LogP contribution is -2.08. The molecule has 0 aliphatic heterocycles. The number of fused-ring (bicyclic) bond motifs is 1. The van der Waals surface area contributed by atoms with E-state index < -0.39 is 5.97 Å². The van der Waals surface area contributed by atoms with E-state index in [9.17, 15) is 9.59 Å². The van der Waals surface area contributed by atoms with Gasteiger partial charge in [-0.05, 0) is 36.4 Å². The summed E-state index contributed by atoms with van der Waals surface area (Å²) < 4.78 is 0. The van der Waals surface area contributed by atoms with Gasteiger partial charge in [-0.1, -0.05) is 18.2 Å². The number of carboxylic acid groups (broad SMARTS) is 1. The number of hydrogen-bond donors (Lipinski definition) is 3. The Labute approximate surface area is 131 Å². The van der Waals surface area contributed by atoms with E-state index in [1.54, 1.807) is 18.2 Å². The molecule has 23 heavy (non-hydrogen) atoms. The molecule has 6 nitrogen and oxygen atoms in total. The molecule has 3 N–H and O–H groups in total. The maximum atomic E-state index is 11.9. The first kappa shape index (κ1) is 14.5. The molecule has 1 amide bonds. The van der Waals surface area contributed by atoms with Crippen LogP contribution in [0.2, 0.25) is 0 Å². The van der Waals surface area contributed by atoms with Crippen molar-refractivity contribution in [1.29, 1.82) is 0 Å². The number of carbonyl (C=O) groups excluding carboxylic acids is 1. The van der Waals surface area contributed by atoms with Crippen LogP contribution < -0.4 is 5.32 Å². The minimum absolute atomic E-state index is 0.168. The summed E-state index contributed by atoms with van der Waals surface area (Å²) in [6.07, 6.45) is 3.01. The second kappa shape index (κ2) is 6.15. The molecule has 0 saturated heterocycles. The smallest absolute Gasteiger partial charge is 0.335 e. The van der Waals surface area contributed by atoms with E-state index in [1.807, 2.05) is 24.3 Å². The molecule has 6 heteroatoms. The summed E-state index contributed by atoms with van der Waals surface area (Å²) in [6, 6.07) is 13.6. The molecule has 0 unspecified atom stereocenters. The highest BCUT2D eigenvalue weighted by molar-refractivity contribution is 6.03. The van der Waals surface area contributed by atoms with Crippen LogP contribution in [0.3, 0.4) is 0 Å². The summed E-state index contributed by atoms with van der Waals surface area (Å²) in [4.78, 5) is 22.7. The van der Waals surface area contributed by atoms with Crippen molar-refractivity contribution in [2.24, 2.45) is 0 Å². The third-order valence-corrected chi connectivity index (χ3v) is 3.29. The molecule has 114 valence electrons. The highest BCUT2D eigenvalue weighted by atomic mass is 16.4. The SMILES string of the molecule is O=C(C=Cc1n[nH]c2ccccc12)Nc1ccc(C(=O)O)cc1. The average Bonchev–Trinajstić information content (AvgIpc) is 2.97. The molecule has 1 aromatic heterocycles. The van der Waals surface area contributed by atoms with Crippen molar-refractivity contribution in [2.75, 3.05) is 5.32 Å². The molecule has 0 saturated carbocycles. The van der Waals surface area contributed by atoms with Crippen LogP contribution in [-0.2, 0) is 4.79 Å². The van der Waals surface area contributed by atoms with Crippen LogP contribution in [0, 0.1) is 0 Å². The second-order valence-corrected chi connectivity index (χ2v) is 4.86. The van der Waals surface area contributed by atoms with Crippen molar-refractivity contribution < 1.29 is 14.7 Å². The zero-order valence-corrected chi connectivity index (χ0v) is 12.0. The number of nitrogens with zero attached hydrogens (tertiary/aromatic N) is 1. The molecule has 0 aliphatic carbocycles. The van der Waals surface area contributed by atoms with Crippen molar-refractivity contribution >= 4 is 34.5 Å². The van der Waals surface area contributed by atoms with Gasteiger partial charge >= 0.3 is 5.97 Å². The Morgan fingerprint density at radius 3 is 2.57 bits per heavy atom. The highest BCUT2D eigenvalue weighted by Crippen LogP contribution is 2.16. The maximum Gasteiger partial charge on any atom is 0.335 e. The molecular formula is C17H13N3O3. The van der Waals surface area contributed by atoms with E-state index in [1.165, 1.54) is 18.2 Å². The standard InChI is InChI=1S/C17H13N3O3/c21-16(18-12-7-5-11(6-8-12)17(22)23)10-9-15-13-3-1-2-4-14(13)19-20-15/h1-10H,(H,18,21)(H,19,20)(H,22,23). The third-order valence-electron chi connectivity index (χ3n) is 3.29. The molecular weight excluding hydrogens is 294 g/mol. The zero-order chi connectivity index (χ0) is 16.2. The summed E-state index contributed by atoms with van der Waals surface area (Å²) in [5.74, 6) is -1.33. The van der Waals surface area contributed by atoms with E-state index in [0.29, 0.717) is 11.4 Å². The quantitative estimate of drug-likeness (QED) is 0.646. The molecule has 2 aromatic carbocycles. The van der Waals surface area contributed by atoms with Gasteiger partial charge in [-0.25, -0.2) is 4.79 Å². The van der Waals surface area contributed by atoms with Crippen LogP contribution in [0.1, 0.15) is 16.1 Å². The van der Waals surface area contributed by atoms with Crippen molar-refractivity contribution in [1.82, 2.24) is 10.2 Å². The van der Waals surface area contributed by atoms with Gasteiger partial charge < -0.3 is 10.4 Å². The number of amides is 1. The number of H-pyrrole nitrogens is 1. The second-order valence-electron chi connectivity index (χ2n) is 4.86. The van der Waals surface area contributed by atoms with Gasteiger partial charge in [0.2, 0.25) is 5.91 Å². The van der Waals surface area contributed by atoms with Crippen LogP contribution in [-0.4, -0.2) is 27.2 Å². The van der Waals surface area contributed by atoms with E-state index in [4.69, 9.17) is 5.11 Å². The van der Waals surface area contributed by atoms with E-state index in [0.717, 1.165) is 10.9 Å². The van der Waals surface area contributed by atoms with Gasteiger partial charge in [-0.2, -0.15) is 5.10 Å². The summed E-state index contributed by atoms with van der Waals surface area (Å²) >= 11 is 0. The van der Waals surface area contributed by atoms with Gasteiger partial charge in [0.05, 0.1) is 16.8 Å². The van der Waals surface area contributed by atoms with Gasteiger partial charge in [0, 0.05) is 17.1 Å². The molecule has 0 fully saturated rings. The molecule has 0 spiro atoms. The largest absolute Gasteiger partial charge is 0.478 e. The molecule has 0 radical (unpaired) electrons. The maximum absolute atomic E-state index is 11.9. The van der Waals surface area contributed by atoms with Gasteiger partial charge in [0.25, 0.3) is 0 Å². The number of carboxylic acids is 1. The van der Waals surface area contributed by atoms with Crippen molar-refractivity contribution in [3.63, 3.8) is 0 Å². The molecule has 3 rings (SSSR count). The van der Waals surface area contributed by atoms with Gasteiger partial charge in [-0.3, -0.25) is 9.89 Å².